The van der Waals surface area contributed by atoms with Gasteiger partial charge in [0, 0.05) is 17.3 Å². The lowest BCUT2D eigenvalue weighted by Crippen LogP contribution is -2.11. The molecule has 0 fully saturated rings. The summed E-state index contributed by atoms with van der Waals surface area (Å²) in [7, 11) is 0. The lowest BCUT2D eigenvalue weighted by atomic mass is 9.99. The van der Waals surface area contributed by atoms with Gasteiger partial charge in [-0.1, -0.05) is 48.0 Å². The SMILES string of the molecule is C#CCNC(=C)c1cc(C(=O)c2c(-c3ccccc3)noc2C)c[nH]1. The maximum Gasteiger partial charge on any atom is 0.200 e. The van der Waals surface area contributed by atoms with E-state index in [2.05, 4.69) is 28.0 Å². The largest absolute Gasteiger partial charge is 0.373 e. The minimum Gasteiger partial charge on any atom is -0.373 e. The van der Waals surface area contributed by atoms with E-state index in [-0.39, 0.29) is 5.78 Å². The molecular weight excluding hydrogens is 314 g/mol. The third kappa shape index (κ3) is 3.24. The molecule has 25 heavy (non-hydrogen) atoms. The van der Waals surface area contributed by atoms with Crippen LogP contribution < -0.4 is 5.32 Å². The van der Waals surface area contributed by atoms with Crippen LogP contribution in [0.4, 0.5) is 0 Å². The summed E-state index contributed by atoms with van der Waals surface area (Å²) in [6.07, 6.45) is 6.87. The smallest absolute Gasteiger partial charge is 0.200 e. The predicted molar refractivity (Wildman–Crippen MR) is 96.8 cm³/mol. The fourth-order valence-corrected chi connectivity index (χ4v) is 2.53. The van der Waals surface area contributed by atoms with Crippen molar-refractivity contribution in [3.05, 3.63) is 71.8 Å². The predicted octanol–water partition coefficient (Wildman–Crippen LogP) is 3.40. The zero-order chi connectivity index (χ0) is 17.8. The summed E-state index contributed by atoms with van der Waals surface area (Å²) in [4.78, 5) is 16.0. The van der Waals surface area contributed by atoms with Crippen LogP contribution in [0.15, 0.2) is 53.7 Å². The number of aromatic amines is 1. The van der Waals surface area contributed by atoms with Gasteiger partial charge in [-0.15, -0.1) is 6.42 Å². The maximum atomic E-state index is 13.0. The Kier molecular flexibility index (Phi) is 4.53. The van der Waals surface area contributed by atoms with Crippen molar-refractivity contribution < 1.29 is 9.32 Å². The van der Waals surface area contributed by atoms with Gasteiger partial charge >= 0.3 is 0 Å². The van der Waals surface area contributed by atoms with Gasteiger partial charge in [0.05, 0.1) is 23.5 Å². The second-order valence-corrected chi connectivity index (χ2v) is 5.50. The van der Waals surface area contributed by atoms with Crippen LogP contribution in [0.1, 0.15) is 27.4 Å². The van der Waals surface area contributed by atoms with Gasteiger partial charge in [0.15, 0.2) is 5.78 Å². The number of rotatable bonds is 6. The molecular formula is C20H17N3O2. The summed E-state index contributed by atoms with van der Waals surface area (Å²) < 4.78 is 5.27. The normalized spacial score (nSPS) is 10.2. The number of ketones is 1. The van der Waals surface area contributed by atoms with Gasteiger partial charge in [-0.2, -0.15) is 0 Å². The highest BCUT2D eigenvalue weighted by Gasteiger charge is 2.23. The van der Waals surface area contributed by atoms with Gasteiger partial charge < -0.3 is 14.8 Å². The van der Waals surface area contributed by atoms with Crippen molar-refractivity contribution in [3.8, 4) is 23.6 Å². The third-order valence-corrected chi connectivity index (χ3v) is 3.81. The molecule has 3 aromatic rings. The maximum absolute atomic E-state index is 13.0. The molecule has 0 saturated heterocycles. The first-order valence-corrected chi connectivity index (χ1v) is 7.73. The van der Waals surface area contributed by atoms with Crippen molar-refractivity contribution in [2.75, 3.05) is 6.54 Å². The summed E-state index contributed by atoms with van der Waals surface area (Å²) in [5, 5.41) is 7.04. The highest BCUT2D eigenvalue weighted by Crippen LogP contribution is 2.27. The lowest BCUT2D eigenvalue weighted by Gasteiger charge is -2.03. The number of nitrogens with one attached hydrogen (secondary N) is 2. The summed E-state index contributed by atoms with van der Waals surface area (Å²) in [5.41, 5.74) is 3.66. The van der Waals surface area contributed by atoms with Crippen LogP contribution in [-0.4, -0.2) is 22.5 Å². The second-order valence-electron chi connectivity index (χ2n) is 5.50. The molecule has 3 rings (SSSR count). The standard InChI is InChI=1S/C20H17N3O2/c1-4-10-21-13(2)17-11-16(12-22-17)20(24)18-14(3)25-23-19(18)15-8-6-5-7-9-15/h1,5-9,11-12,21-22H,2,10H2,3H3. The van der Waals surface area contributed by atoms with E-state index >= 15 is 0 Å². The number of aromatic nitrogens is 2. The minimum absolute atomic E-state index is 0.162. The molecule has 0 radical (unpaired) electrons. The fraction of sp³-hybridized carbons (Fsp3) is 0.100. The van der Waals surface area contributed by atoms with Gasteiger partial charge in [-0.3, -0.25) is 4.79 Å². The molecule has 2 aromatic heterocycles. The topological polar surface area (TPSA) is 70.9 Å². The van der Waals surface area contributed by atoms with Crippen LogP contribution in [0.2, 0.25) is 0 Å². The van der Waals surface area contributed by atoms with Crippen molar-refractivity contribution in [1.29, 1.82) is 0 Å². The highest BCUT2D eigenvalue weighted by molar-refractivity contribution is 6.13. The number of hydrogen-bond acceptors (Lipinski definition) is 4. The molecule has 5 heteroatoms. The zero-order valence-corrected chi connectivity index (χ0v) is 13.8. The Morgan fingerprint density at radius 1 is 1.40 bits per heavy atom. The van der Waals surface area contributed by atoms with Crippen LogP contribution in [0.25, 0.3) is 17.0 Å². The summed E-state index contributed by atoms with van der Waals surface area (Å²) in [6, 6.07) is 11.2. The Morgan fingerprint density at radius 3 is 2.88 bits per heavy atom. The summed E-state index contributed by atoms with van der Waals surface area (Å²) >= 11 is 0. The van der Waals surface area contributed by atoms with Crippen molar-refractivity contribution in [2.45, 2.75) is 6.92 Å². The van der Waals surface area contributed by atoms with Crippen LogP contribution in [0.3, 0.4) is 0 Å². The number of carbonyl (C=O) groups excluding carboxylic acids is 1. The van der Waals surface area contributed by atoms with Gasteiger partial charge in [-0.05, 0) is 13.0 Å². The van der Waals surface area contributed by atoms with Gasteiger partial charge in [0.1, 0.15) is 11.5 Å². The monoisotopic (exact) mass is 331 g/mol. The number of aryl methyl sites for hydroxylation is 1. The number of H-pyrrole nitrogens is 1. The molecule has 0 saturated carbocycles. The first-order valence-electron chi connectivity index (χ1n) is 7.73. The number of hydrogen-bond donors (Lipinski definition) is 2. The van der Waals surface area contributed by atoms with Crippen molar-refractivity contribution >= 4 is 11.5 Å². The van der Waals surface area contributed by atoms with E-state index in [1.807, 2.05) is 30.3 Å². The number of terminal acetylenes is 1. The van der Waals surface area contributed by atoms with Crippen LogP contribution in [0, 0.1) is 19.3 Å². The Bertz CT molecular complexity index is 958. The van der Waals surface area contributed by atoms with E-state index in [0.717, 1.165) is 5.56 Å². The average molecular weight is 331 g/mol. The van der Waals surface area contributed by atoms with E-state index in [1.165, 1.54) is 0 Å². The van der Waals surface area contributed by atoms with Crippen molar-refractivity contribution in [3.63, 3.8) is 0 Å². The summed E-state index contributed by atoms with van der Waals surface area (Å²) in [5.74, 6) is 2.80. The van der Waals surface area contributed by atoms with Crippen LogP contribution in [0.5, 0.6) is 0 Å². The van der Waals surface area contributed by atoms with Gasteiger partial charge in [0.25, 0.3) is 0 Å². The van der Waals surface area contributed by atoms with Gasteiger partial charge in [-0.25, -0.2) is 0 Å². The molecule has 1 aromatic carbocycles. The number of benzene rings is 1. The molecule has 0 bridgehead atoms. The molecule has 0 aliphatic rings. The van der Waals surface area contributed by atoms with Crippen molar-refractivity contribution in [2.24, 2.45) is 0 Å². The Balaban J connectivity index is 1.93. The molecule has 2 heterocycles. The molecule has 2 N–H and O–H groups in total. The van der Waals surface area contributed by atoms with Crippen molar-refractivity contribution in [1.82, 2.24) is 15.5 Å². The quantitative estimate of drug-likeness (QED) is 0.536. The molecule has 0 aliphatic heterocycles. The van der Waals surface area contributed by atoms with Crippen LogP contribution in [-0.2, 0) is 0 Å². The van der Waals surface area contributed by atoms with Crippen LogP contribution >= 0.6 is 0 Å². The first-order chi connectivity index (χ1) is 12.1. The highest BCUT2D eigenvalue weighted by atomic mass is 16.5. The summed E-state index contributed by atoms with van der Waals surface area (Å²) in [6.45, 7) is 6.00. The number of carbonyl (C=O) groups is 1. The van der Waals surface area contributed by atoms with E-state index in [1.54, 1.807) is 19.2 Å². The lowest BCUT2D eigenvalue weighted by molar-refractivity contribution is 0.103. The van der Waals surface area contributed by atoms with Gasteiger partial charge in [0.2, 0.25) is 0 Å². The van der Waals surface area contributed by atoms with E-state index in [9.17, 15) is 4.79 Å². The molecule has 0 aliphatic carbocycles. The minimum atomic E-state index is -0.162. The fourth-order valence-electron chi connectivity index (χ4n) is 2.53. The Labute approximate surface area is 145 Å². The molecule has 124 valence electrons. The molecule has 0 unspecified atom stereocenters. The second kappa shape index (κ2) is 6.93. The number of nitrogens with zero attached hydrogens (tertiary/aromatic N) is 1. The van der Waals surface area contributed by atoms with E-state index < -0.39 is 0 Å². The third-order valence-electron chi connectivity index (χ3n) is 3.81. The van der Waals surface area contributed by atoms with E-state index in [4.69, 9.17) is 10.9 Å². The molecule has 5 nitrogen and oxygen atoms in total. The zero-order valence-electron chi connectivity index (χ0n) is 13.8. The molecule has 0 atom stereocenters. The molecule has 0 amide bonds. The average Bonchev–Trinajstić information content (AvgIpc) is 3.27. The Hall–Kier alpha value is -3.52. The first kappa shape index (κ1) is 16.3. The molecule has 0 spiro atoms. The van der Waals surface area contributed by atoms with E-state index in [0.29, 0.717) is 40.5 Å². The Morgan fingerprint density at radius 2 is 2.16 bits per heavy atom.